The topological polar surface area (TPSA) is 65.0 Å². The van der Waals surface area contributed by atoms with Crippen LogP contribution in [0.15, 0.2) is 48.5 Å². The third-order valence-electron chi connectivity index (χ3n) is 2.86. The molecule has 0 spiro atoms. The maximum absolute atomic E-state index is 11.6. The number of hydrogen-bond acceptors (Lipinski definition) is 5. The standard InChI is InChI=1S/C17H16Cl2O5/c18-12-1-5-15(6-2-12)22-9-14(20)10-24-17(21)11-23-16-7-3-13(19)4-8-16/h1-8,14,20H,9-11H2. The zero-order valence-corrected chi connectivity index (χ0v) is 14.2. The van der Waals surface area contributed by atoms with E-state index in [9.17, 15) is 9.90 Å². The van der Waals surface area contributed by atoms with E-state index in [-0.39, 0.29) is 19.8 Å². The Balaban J connectivity index is 1.63. The summed E-state index contributed by atoms with van der Waals surface area (Å²) in [5.41, 5.74) is 0. The molecule has 0 aromatic heterocycles. The van der Waals surface area contributed by atoms with Gasteiger partial charge in [0.25, 0.3) is 0 Å². The van der Waals surface area contributed by atoms with Gasteiger partial charge in [-0.05, 0) is 48.5 Å². The maximum atomic E-state index is 11.6. The van der Waals surface area contributed by atoms with Gasteiger partial charge >= 0.3 is 5.97 Å². The molecular weight excluding hydrogens is 355 g/mol. The van der Waals surface area contributed by atoms with E-state index in [2.05, 4.69) is 0 Å². The molecule has 0 radical (unpaired) electrons. The van der Waals surface area contributed by atoms with Crippen LogP contribution in [0.2, 0.25) is 10.0 Å². The van der Waals surface area contributed by atoms with Crippen molar-refractivity contribution in [2.45, 2.75) is 6.10 Å². The number of aliphatic hydroxyl groups excluding tert-OH is 1. The maximum Gasteiger partial charge on any atom is 0.344 e. The molecule has 0 saturated heterocycles. The van der Waals surface area contributed by atoms with E-state index in [1.165, 1.54) is 0 Å². The van der Waals surface area contributed by atoms with Gasteiger partial charge in [0.15, 0.2) is 6.61 Å². The van der Waals surface area contributed by atoms with Gasteiger partial charge in [0, 0.05) is 10.0 Å². The molecule has 0 fully saturated rings. The van der Waals surface area contributed by atoms with Crippen LogP contribution in [0.25, 0.3) is 0 Å². The summed E-state index contributed by atoms with van der Waals surface area (Å²) in [6.45, 7) is -0.449. The second-order valence-electron chi connectivity index (χ2n) is 4.84. The number of benzene rings is 2. The first-order valence-electron chi connectivity index (χ1n) is 7.13. The van der Waals surface area contributed by atoms with E-state index >= 15 is 0 Å². The average molecular weight is 371 g/mol. The minimum Gasteiger partial charge on any atom is -0.491 e. The molecular formula is C17H16Cl2O5. The molecule has 0 heterocycles. The summed E-state index contributed by atoms with van der Waals surface area (Å²) >= 11 is 11.5. The summed E-state index contributed by atoms with van der Waals surface area (Å²) in [7, 11) is 0. The Hall–Kier alpha value is -1.95. The number of carbonyl (C=O) groups is 1. The van der Waals surface area contributed by atoms with Crippen LogP contribution in [0.3, 0.4) is 0 Å². The third-order valence-corrected chi connectivity index (χ3v) is 3.37. The monoisotopic (exact) mass is 370 g/mol. The van der Waals surface area contributed by atoms with Gasteiger partial charge in [0.2, 0.25) is 0 Å². The van der Waals surface area contributed by atoms with Gasteiger partial charge in [-0.25, -0.2) is 4.79 Å². The molecule has 0 aliphatic carbocycles. The summed E-state index contributed by atoms with van der Waals surface area (Å²) in [5, 5.41) is 10.9. The van der Waals surface area contributed by atoms with Crippen molar-refractivity contribution in [3.8, 4) is 11.5 Å². The predicted molar refractivity (Wildman–Crippen MR) is 90.9 cm³/mol. The fourth-order valence-corrected chi connectivity index (χ4v) is 1.93. The zero-order chi connectivity index (χ0) is 17.4. The van der Waals surface area contributed by atoms with Crippen molar-refractivity contribution in [1.82, 2.24) is 0 Å². The van der Waals surface area contributed by atoms with Gasteiger partial charge in [0.05, 0.1) is 0 Å². The Bertz CT molecular complexity index is 643. The van der Waals surface area contributed by atoms with Crippen LogP contribution in [-0.2, 0) is 9.53 Å². The first-order valence-corrected chi connectivity index (χ1v) is 7.89. The lowest BCUT2D eigenvalue weighted by Gasteiger charge is -2.13. The molecule has 1 unspecified atom stereocenters. The molecule has 24 heavy (non-hydrogen) atoms. The van der Waals surface area contributed by atoms with E-state index in [0.29, 0.717) is 21.5 Å². The first kappa shape index (κ1) is 18.4. The number of hydrogen-bond donors (Lipinski definition) is 1. The van der Waals surface area contributed by atoms with Crippen molar-refractivity contribution in [3.05, 3.63) is 58.6 Å². The number of carbonyl (C=O) groups excluding carboxylic acids is 1. The highest BCUT2D eigenvalue weighted by molar-refractivity contribution is 6.30. The summed E-state index contributed by atoms with van der Waals surface area (Å²) in [5.74, 6) is 0.481. The van der Waals surface area contributed by atoms with Gasteiger partial charge in [0.1, 0.15) is 30.8 Å². The second-order valence-corrected chi connectivity index (χ2v) is 5.72. The molecule has 1 atom stereocenters. The van der Waals surface area contributed by atoms with Crippen LogP contribution in [0.1, 0.15) is 0 Å². The Kier molecular flexibility index (Phi) is 7.18. The van der Waals surface area contributed by atoms with Crippen LogP contribution in [-0.4, -0.2) is 37.0 Å². The molecule has 0 bridgehead atoms. The molecule has 0 aliphatic heterocycles. The molecule has 2 rings (SSSR count). The Labute approximate surface area is 149 Å². The minimum absolute atomic E-state index is 0.00699. The Morgan fingerprint density at radius 1 is 0.875 bits per heavy atom. The first-order chi connectivity index (χ1) is 11.5. The molecule has 2 aromatic rings. The number of rotatable bonds is 8. The van der Waals surface area contributed by atoms with Crippen molar-refractivity contribution in [1.29, 1.82) is 0 Å². The summed E-state index contributed by atoms with van der Waals surface area (Å²) in [4.78, 5) is 11.6. The lowest BCUT2D eigenvalue weighted by Crippen LogP contribution is -2.27. The van der Waals surface area contributed by atoms with Gasteiger partial charge in [-0.1, -0.05) is 23.2 Å². The van der Waals surface area contributed by atoms with Crippen LogP contribution in [0.5, 0.6) is 11.5 Å². The smallest absolute Gasteiger partial charge is 0.344 e. The predicted octanol–water partition coefficient (Wildman–Crippen LogP) is 3.36. The van der Waals surface area contributed by atoms with Crippen molar-refractivity contribution in [3.63, 3.8) is 0 Å². The third kappa shape index (κ3) is 6.66. The SMILES string of the molecule is O=C(COc1ccc(Cl)cc1)OCC(O)COc1ccc(Cl)cc1. The number of ether oxygens (including phenoxy) is 3. The molecule has 2 aromatic carbocycles. The summed E-state index contributed by atoms with van der Waals surface area (Å²) < 4.78 is 15.5. The van der Waals surface area contributed by atoms with Gasteiger partial charge in [-0.15, -0.1) is 0 Å². The molecule has 128 valence electrons. The lowest BCUT2D eigenvalue weighted by atomic mass is 10.3. The molecule has 1 N–H and O–H groups in total. The van der Waals surface area contributed by atoms with Crippen LogP contribution in [0.4, 0.5) is 0 Å². The largest absolute Gasteiger partial charge is 0.491 e. The lowest BCUT2D eigenvalue weighted by molar-refractivity contribution is -0.149. The van der Waals surface area contributed by atoms with Crippen molar-refractivity contribution < 1.29 is 24.1 Å². The van der Waals surface area contributed by atoms with E-state index in [1.807, 2.05) is 0 Å². The molecule has 0 aliphatic rings. The van der Waals surface area contributed by atoms with Gasteiger partial charge in [-0.2, -0.15) is 0 Å². The van der Waals surface area contributed by atoms with Crippen LogP contribution < -0.4 is 9.47 Å². The second kappa shape index (κ2) is 9.37. The molecule has 5 nitrogen and oxygen atoms in total. The fraction of sp³-hybridized carbons (Fsp3) is 0.235. The highest BCUT2D eigenvalue weighted by Gasteiger charge is 2.10. The minimum atomic E-state index is -0.944. The fourth-order valence-electron chi connectivity index (χ4n) is 1.68. The van der Waals surface area contributed by atoms with E-state index in [1.54, 1.807) is 48.5 Å². The van der Waals surface area contributed by atoms with E-state index < -0.39 is 12.1 Å². The normalized spacial score (nSPS) is 11.6. The Morgan fingerprint density at radius 2 is 1.38 bits per heavy atom. The molecule has 0 saturated carbocycles. The number of esters is 1. The van der Waals surface area contributed by atoms with Crippen molar-refractivity contribution in [2.24, 2.45) is 0 Å². The number of halogens is 2. The summed E-state index contributed by atoms with van der Waals surface area (Å²) in [6.07, 6.45) is -0.944. The highest BCUT2D eigenvalue weighted by atomic mass is 35.5. The highest BCUT2D eigenvalue weighted by Crippen LogP contribution is 2.16. The number of aliphatic hydroxyl groups is 1. The van der Waals surface area contributed by atoms with Gasteiger partial charge < -0.3 is 19.3 Å². The molecule has 0 amide bonds. The van der Waals surface area contributed by atoms with E-state index in [0.717, 1.165) is 0 Å². The van der Waals surface area contributed by atoms with Crippen molar-refractivity contribution >= 4 is 29.2 Å². The summed E-state index contributed by atoms with van der Waals surface area (Å²) in [6, 6.07) is 13.3. The average Bonchev–Trinajstić information content (AvgIpc) is 2.59. The van der Waals surface area contributed by atoms with Gasteiger partial charge in [-0.3, -0.25) is 0 Å². The van der Waals surface area contributed by atoms with Crippen LogP contribution in [0, 0.1) is 0 Å². The quantitative estimate of drug-likeness (QED) is 0.721. The van der Waals surface area contributed by atoms with E-state index in [4.69, 9.17) is 37.4 Å². The van der Waals surface area contributed by atoms with Crippen molar-refractivity contribution in [2.75, 3.05) is 19.8 Å². The Morgan fingerprint density at radius 3 is 1.92 bits per heavy atom. The molecule has 7 heteroatoms. The zero-order valence-electron chi connectivity index (χ0n) is 12.7. The van der Waals surface area contributed by atoms with Crippen LogP contribution >= 0.6 is 23.2 Å².